The van der Waals surface area contributed by atoms with Crippen LogP contribution in [0.25, 0.3) is 10.6 Å². The number of carboxylic acids is 1. The number of halogens is 1. The second kappa shape index (κ2) is 4.39. The second-order valence-electron chi connectivity index (χ2n) is 3.32. The van der Waals surface area contributed by atoms with Gasteiger partial charge in [0.15, 0.2) is 0 Å². The van der Waals surface area contributed by atoms with Crippen molar-refractivity contribution < 1.29 is 9.90 Å². The summed E-state index contributed by atoms with van der Waals surface area (Å²) in [5, 5.41) is 10.7. The molecule has 0 saturated carbocycles. The normalized spacial score (nSPS) is 10.6. The Hall–Kier alpha value is -1.14. The van der Waals surface area contributed by atoms with Crippen molar-refractivity contribution in [2.24, 2.45) is 0 Å². The van der Waals surface area contributed by atoms with E-state index in [1.54, 1.807) is 29.0 Å². The van der Waals surface area contributed by atoms with Crippen molar-refractivity contribution in [1.29, 1.82) is 0 Å². The third kappa shape index (κ3) is 2.33. The van der Waals surface area contributed by atoms with Crippen molar-refractivity contribution in [3.05, 3.63) is 27.9 Å². The van der Waals surface area contributed by atoms with E-state index in [-0.39, 0.29) is 6.54 Å². The van der Waals surface area contributed by atoms with Crippen LogP contribution >= 0.6 is 27.3 Å². The first-order valence-corrected chi connectivity index (χ1v) is 6.23. The van der Waals surface area contributed by atoms with E-state index in [0.717, 1.165) is 15.0 Å². The Kier molecular flexibility index (Phi) is 3.11. The number of carboxylic acid groups (broad SMARTS) is 1. The fraction of sp³-hybridized carbons (Fsp3) is 0.200. The van der Waals surface area contributed by atoms with Crippen LogP contribution in [0.4, 0.5) is 0 Å². The summed E-state index contributed by atoms with van der Waals surface area (Å²) in [7, 11) is 0. The number of carbonyl (C=O) groups is 1. The van der Waals surface area contributed by atoms with Gasteiger partial charge < -0.3 is 9.67 Å². The van der Waals surface area contributed by atoms with E-state index in [0.29, 0.717) is 5.82 Å². The van der Waals surface area contributed by atoms with E-state index in [9.17, 15) is 4.79 Å². The zero-order valence-corrected chi connectivity index (χ0v) is 10.9. The van der Waals surface area contributed by atoms with Gasteiger partial charge in [-0.3, -0.25) is 4.79 Å². The molecule has 1 N–H and O–H groups in total. The van der Waals surface area contributed by atoms with Crippen LogP contribution in [0.5, 0.6) is 0 Å². The summed E-state index contributed by atoms with van der Waals surface area (Å²) in [6, 6.07) is 1.97. The molecule has 0 fully saturated rings. The minimum absolute atomic E-state index is 0.0502. The molecule has 0 saturated heterocycles. The molecule has 0 atom stereocenters. The number of nitrogens with zero attached hydrogens (tertiary/aromatic N) is 2. The molecule has 4 nitrogen and oxygen atoms in total. The largest absolute Gasteiger partial charge is 0.480 e. The number of imidazole rings is 1. The zero-order chi connectivity index (χ0) is 11.7. The van der Waals surface area contributed by atoms with Gasteiger partial charge in [-0.1, -0.05) is 0 Å². The van der Waals surface area contributed by atoms with Gasteiger partial charge in [-0.2, -0.15) is 0 Å². The van der Waals surface area contributed by atoms with E-state index in [4.69, 9.17) is 5.11 Å². The molecule has 0 bridgehead atoms. The predicted octanol–water partition coefficient (Wildman–Crippen LogP) is 2.77. The van der Waals surface area contributed by atoms with Gasteiger partial charge in [-0.15, -0.1) is 11.3 Å². The van der Waals surface area contributed by atoms with Crippen LogP contribution in [0.1, 0.15) is 5.82 Å². The summed E-state index contributed by atoms with van der Waals surface area (Å²) >= 11 is 4.95. The molecule has 2 aromatic rings. The molecule has 2 aromatic heterocycles. The van der Waals surface area contributed by atoms with Gasteiger partial charge in [0.2, 0.25) is 0 Å². The van der Waals surface area contributed by atoms with Crippen molar-refractivity contribution in [3.63, 3.8) is 0 Å². The number of aliphatic carboxylic acids is 1. The highest BCUT2D eigenvalue weighted by Crippen LogP contribution is 2.29. The van der Waals surface area contributed by atoms with Gasteiger partial charge in [0.1, 0.15) is 12.4 Å². The van der Waals surface area contributed by atoms with Crippen LogP contribution < -0.4 is 0 Å². The average molecular weight is 301 g/mol. The topological polar surface area (TPSA) is 55.1 Å². The van der Waals surface area contributed by atoms with Gasteiger partial charge in [-0.05, 0) is 28.9 Å². The van der Waals surface area contributed by atoms with E-state index < -0.39 is 5.97 Å². The van der Waals surface area contributed by atoms with Crippen molar-refractivity contribution in [2.45, 2.75) is 13.5 Å². The first-order valence-electron chi connectivity index (χ1n) is 4.56. The number of hydrogen-bond acceptors (Lipinski definition) is 3. The standard InChI is InChI=1S/C10H9BrN2O2S/c1-6-12-8(3-13(6)4-10(14)15)9-2-7(11)5-16-9/h2-3,5H,4H2,1H3,(H,14,15). The molecular formula is C10H9BrN2O2S. The van der Waals surface area contributed by atoms with E-state index in [1.165, 1.54) is 0 Å². The van der Waals surface area contributed by atoms with E-state index in [2.05, 4.69) is 20.9 Å². The molecule has 0 spiro atoms. The molecule has 0 aliphatic carbocycles. The van der Waals surface area contributed by atoms with Crippen molar-refractivity contribution in [2.75, 3.05) is 0 Å². The second-order valence-corrected chi connectivity index (χ2v) is 5.15. The molecule has 0 radical (unpaired) electrons. The molecule has 0 unspecified atom stereocenters. The summed E-state index contributed by atoms with van der Waals surface area (Å²) in [6.45, 7) is 1.75. The summed E-state index contributed by atoms with van der Waals surface area (Å²) in [5.41, 5.74) is 0.814. The van der Waals surface area contributed by atoms with Gasteiger partial charge in [0.25, 0.3) is 0 Å². The zero-order valence-electron chi connectivity index (χ0n) is 8.48. The number of hydrogen-bond donors (Lipinski definition) is 1. The highest BCUT2D eigenvalue weighted by atomic mass is 79.9. The number of aryl methyl sites for hydroxylation is 1. The Morgan fingerprint density at radius 2 is 2.44 bits per heavy atom. The van der Waals surface area contributed by atoms with Gasteiger partial charge in [0, 0.05) is 16.0 Å². The first-order chi connectivity index (χ1) is 7.56. The maximum absolute atomic E-state index is 10.6. The highest BCUT2D eigenvalue weighted by molar-refractivity contribution is 9.10. The maximum Gasteiger partial charge on any atom is 0.323 e. The molecule has 0 aliphatic heterocycles. The lowest BCUT2D eigenvalue weighted by atomic mass is 10.4. The lowest BCUT2D eigenvalue weighted by Gasteiger charge is -1.97. The minimum Gasteiger partial charge on any atom is -0.480 e. The Morgan fingerprint density at radius 1 is 1.69 bits per heavy atom. The predicted molar refractivity (Wildman–Crippen MR) is 65.6 cm³/mol. The summed E-state index contributed by atoms with van der Waals surface area (Å²) in [4.78, 5) is 16.0. The average Bonchev–Trinajstić information content (AvgIpc) is 2.74. The first kappa shape index (κ1) is 11.3. The van der Waals surface area contributed by atoms with Crippen molar-refractivity contribution >= 4 is 33.2 Å². The van der Waals surface area contributed by atoms with Gasteiger partial charge in [0.05, 0.1) is 10.6 Å². The van der Waals surface area contributed by atoms with Gasteiger partial charge in [-0.25, -0.2) is 4.98 Å². The minimum atomic E-state index is -0.862. The molecule has 0 amide bonds. The molecule has 84 valence electrons. The summed E-state index contributed by atoms with van der Waals surface area (Å²) < 4.78 is 2.64. The van der Waals surface area contributed by atoms with Crippen LogP contribution in [0.15, 0.2) is 22.1 Å². The van der Waals surface area contributed by atoms with Gasteiger partial charge >= 0.3 is 5.97 Å². The molecule has 0 aromatic carbocycles. The van der Waals surface area contributed by atoms with E-state index >= 15 is 0 Å². The molecular weight excluding hydrogens is 292 g/mol. The van der Waals surface area contributed by atoms with Crippen molar-refractivity contribution in [1.82, 2.24) is 9.55 Å². The Labute approximate surface area is 105 Å². The molecule has 16 heavy (non-hydrogen) atoms. The summed E-state index contributed by atoms with van der Waals surface area (Å²) in [6.07, 6.45) is 1.77. The molecule has 6 heteroatoms. The van der Waals surface area contributed by atoms with Crippen LogP contribution in [0.2, 0.25) is 0 Å². The fourth-order valence-corrected chi connectivity index (χ4v) is 2.76. The fourth-order valence-electron chi connectivity index (χ4n) is 1.38. The van der Waals surface area contributed by atoms with Crippen molar-refractivity contribution in [3.8, 4) is 10.6 Å². The number of thiophene rings is 1. The molecule has 0 aliphatic rings. The highest BCUT2D eigenvalue weighted by Gasteiger charge is 2.10. The molecule has 2 rings (SSSR count). The third-order valence-corrected chi connectivity index (χ3v) is 3.82. The van der Waals surface area contributed by atoms with Crippen LogP contribution in [-0.4, -0.2) is 20.6 Å². The van der Waals surface area contributed by atoms with Crippen LogP contribution in [0.3, 0.4) is 0 Å². The lowest BCUT2D eigenvalue weighted by molar-refractivity contribution is -0.137. The Bertz CT molecular complexity index is 533. The smallest absolute Gasteiger partial charge is 0.323 e. The summed E-state index contributed by atoms with van der Waals surface area (Å²) in [5.74, 6) is -0.152. The lowest BCUT2D eigenvalue weighted by Crippen LogP contribution is -2.08. The Balaban J connectivity index is 2.33. The number of aromatic nitrogens is 2. The van der Waals surface area contributed by atoms with E-state index in [1.807, 2.05) is 11.4 Å². The SMILES string of the molecule is Cc1nc(-c2cc(Br)cs2)cn1CC(=O)O. The monoisotopic (exact) mass is 300 g/mol. The molecule has 2 heterocycles. The third-order valence-electron chi connectivity index (χ3n) is 2.10. The van der Waals surface area contributed by atoms with Crippen LogP contribution in [0, 0.1) is 6.92 Å². The quantitative estimate of drug-likeness (QED) is 0.948. The number of rotatable bonds is 3. The maximum atomic E-state index is 10.6. The van der Waals surface area contributed by atoms with Crippen LogP contribution in [-0.2, 0) is 11.3 Å². The Morgan fingerprint density at radius 3 is 3.00 bits per heavy atom.